The lowest BCUT2D eigenvalue weighted by Crippen LogP contribution is -2.22. The second-order valence-corrected chi connectivity index (χ2v) is 7.81. The zero-order valence-electron chi connectivity index (χ0n) is 11.6. The van der Waals surface area contributed by atoms with E-state index in [1.54, 1.807) is 18.2 Å². The summed E-state index contributed by atoms with van der Waals surface area (Å²) in [4.78, 5) is 1.57. The van der Waals surface area contributed by atoms with Crippen molar-refractivity contribution in [3.8, 4) is 0 Å². The van der Waals surface area contributed by atoms with Crippen LogP contribution in [0.1, 0.15) is 0 Å². The highest BCUT2D eigenvalue weighted by Gasteiger charge is 2.18. The number of halogens is 1. The first-order valence-corrected chi connectivity index (χ1v) is 8.32. The summed E-state index contributed by atoms with van der Waals surface area (Å²) in [6.07, 6.45) is 0. The van der Waals surface area contributed by atoms with E-state index in [9.17, 15) is 12.8 Å². The van der Waals surface area contributed by atoms with E-state index < -0.39 is 10.0 Å². The van der Waals surface area contributed by atoms with E-state index >= 15 is 0 Å². The first-order valence-electron chi connectivity index (χ1n) is 6.06. The molecule has 0 aliphatic carbocycles. The minimum Gasteiger partial charge on any atom is -0.398 e. The Morgan fingerprint density at radius 1 is 1.10 bits per heavy atom. The SMILES string of the molecule is CN(C)S(=O)(=O)c1ccc(N)c(Sc2ccc(F)cc2)c1. The molecule has 0 saturated heterocycles. The summed E-state index contributed by atoms with van der Waals surface area (Å²) in [5, 5.41) is 0. The van der Waals surface area contributed by atoms with E-state index in [1.165, 1.54) is 50.1 Å². The van der Waals surface area contributed by atoms with Crippen molar-refractivity contribution in [2.45, 2.75) is 14.7 Å². The summed E-state index contributed by atoms with van der Waals surface area (Å²) in [7, 11) is -0.569. The number of nitrogens with two attached hydrogens (primary N) is 1. The van der Waals surface area contributed by atoms with Crippen LogP contribution in [0, 0.1) is 5.82 Å². The molecule has 0 spiro atoms. The second-order valence-electron chi connectivity index (χ2n) is 4.54. The van der Waals surface area contributed by atoms with Crippen molar-refractivity contribution in [1.82, 2.24) is 4.31 Å². The van der Waals surface area contributed by atoms with Gasteiger partial charge in [0.25, 0.3) is 0 Å². The van der Waals surface area contributed by atoms with Crippen molar-refractivity contribution in [3.63, 3.8) is 0 Å². The monoisotopic (exact) mass is 326 g/mol. The summed E-state index contributed by atoms with van der Waals surface area (Å²) in [5.41, 5.74) is 6.36. The highest BCUT2D eigenvalue weighted by atomic mass is 32.2. The van der Waals surface area contributed by atoms with Crippen molar-refractivity contribution >= 4 is 27.5 Å². The lowest BCUT2D eigenvalue weighted by atomic mass is 10.3. The number of hydrogen-bond acceptors (Lipinski definition) is 4. The Bertz CT molecular complexity index is 744. The van der Waals surface area contributed by atoms with Gasteiger partial charge in [-0.2, -0.15) is 0 Å². The molecule has 2 aromatic carbocycles. The van der Waals surface area contributed by atoms with Gasteiger partial charge in [-0.05, 0) is 42.5 Å². The average Bonchev–Trinajstić information content (AvgIpc) is 2.43. The fourth-order valence-corrected chi connectivity index (χ4v) is 3.50. The minimum atomic E-state index is -3.51. The molecule has 21 heavy (non-hydrogen) atoms. The first kappa shape index (κ1) is 15.8. The number of rotatable bonds is 4. The van der Waals surface area contributed by atoms with Crippen LogP contribution < -0.4 is 5.73 Å². The van der Waals surface area contributed by atoms with Crippen molar-refractivity contribution < 1.29 is 12.8 Å². The summed E-state index contributed by atoms with van der Waals surface area (Å²) in [6.45, 7) is 0. The maximum absolute atomic E-state index is 12.9. The van der Waals surface area contributed by atoms with E-state index in [0.29, 0.717) is 10.6 Å². The van der Waals surface area contributed by atoms with Crippen LogP contribution in [0.25, 0.3) is 0 Å². The molecule has 0 bridgehead atoms. The third-order valence-corrected chi connectivity index (χ3v) is 5.70. The molecule has 0 aliphatic rings. The Balaban J connectivity index is 2.38. The Hall–Kier alpha value is -1.57. The fraction of sp³-hybridized carbons (Fsp3) is 0.143. The molecule has 0 aromatic heterocycles. The molecule has 4 nitrogen and oxygen atoms in total. The van der Waals surface area contributed by atoms with Gasteiger partial charge in [-0.3, -0.25) is 0 Å². The molecule has 0 heterocycles. The van der Waals surface area contributed by atoms with Crippen LogP contribution in [-0.2, 0) is 10.0 Å². The smallest absolute Gasteiger partial charge is 0.242 e. The van der Waals surface area contributed by atoms with Crippen molar-refractivity contribution in [3.05, 3.63) is 48.3 Å². The van der Waals surface area contributed by atoms with Crippen LogP contribution in [0.15, 0.2) is 57.2 Å². The Labute approximate surface area is 127 Å². The Morgan fingerprint density at radius 3 is 2.29 bits per heavy atom. The fourth-order valence-electron chi connectivity index (χ4n) is 1.60. The van der Waals surface area contributed by atoms with Gasteiger partial charge in [0.15, 0.2) is 0 Å². The standard InChI is InChI=1S/C14H15FN2O2S2/c1-17(2)21(18,19)12-7-8-13(16)14(9-12)20-11-5-3-10(15)4-6-11/h3-9H,16H2,1-2H3. The van der Waals surface area contributed by atoms with Gasteiger partial charge < -0.3 is 5.73 Å². The van der Waals surface area contributed by atoms with Gasteiger partial charge in [-0.1, -0.05) is 11.8 Å². The number of anilines is 1. The van der Waals surface area contributed by atoms with Crippen LogP contribution in [-0.4, -0.2) is 26.8 Å². The quantitative estimate of drug-likeness (QED) is 0.878. The van der Waals surface area contributed by atoms with E-state index in [4.69, 9.17) is 5.73 Å². The molecule has 0 unspecified atom stereocenters. The molecule has 2 N–H and O–H groups in total. The van der Waals surface area contributed by atoms with Crippen molar-refractivity contribution in [2.75, 3.05) is 19.8 Å². The Kier molecular flexibility index (Phi) is 4.55. The number of sulfonamides is 1. The predicted molar refractivity (Wildman–Crippen MR) is 82.3 cm³/mol. The highest BCUT2D eigenvalue weighted by Crippen LogP contribution is 2.34. The zero-order chi connectivity index (χ0) is 15.6. The molecule has 0 aliphatic heterocycles. The molecule has 0 radical (unpaired) electrons. The largest absolute Gasteiger partial charge is 0.398 e. The van der Waals surface area contributed by atoms with E-state index in [2.05, 4.69) is 0 Å². The number of nitrogen functional groups attached to an aromatic ring is 1. The van der Waals surface area contributed by atoms with E-state index in [-0.39, 0.29) is 10.7 Å². The molecule has 0 saturated carbocycles. The first-order chi connectivity index (χ1) is 9.80. The summed E-state index contributed by atoms with van der Waals surface area (Å²) < 4.78 is 38.3. The Morgan fingerprint density at radius 2 is 1.71 bits per heavy atom. The highest BCUT2D eigenvalue weighted by molar-refractivity contribution is 7.99. The molecule has 2 rings (SSSR count). The van der Waals surface area contributed by atoms with E-state index in [0.717, 1.165) is 9.20 Å². The van der Waals surface area contributed by atoms with Crippen LogP contribution in [0.3, 0.4) is 0 Å². The van der Waals surface area contributed by atoms with Gasteiger partial charge in [-0.15, -0.1) is 0 Å². The van der Waals surface area contributed by atoms with E-state index in [1.807, 2.05) is 0 Å². The molecule has 0 amide bonds. The van der Waals surface area contributed by atoms with Crippen LogP contribution in [0.5, 0.6) is 0 Å². The van der Waals surface area contributed by atoms with Crippen molar-refractivity contribution in [1.29, 1.82) is 0 Å². The maximum Gasteiger partial charge on any atom is 0.242 e. The molecule has 7 heteroatoms. The third kappa shape index (κ3) is 3.55. The molecule has 2 aromatic rings. The second kappa shape index (κ2) is 6.05. The van der Waals surface area contributed by atoms with Gasteiger partial charge in [0.05, 0.1) is 4.90 Å². The van der Waals surface area contributed by atoms with Gasteiger partial charge in [-0.25, -0.2) is 17.1 Å². The summed E-state index contributed by atoms with van der Waals surface area (Å²) >= 11 is 1.29. The lowest BCUT2D eigenvalue weighted by Gasteiger charge is -2.13. The van der Waals surface area contributed by atoms with Gasteiger partial charge in [0, 0.05) is 29.6 Å². The summed E-state index contributed by atoms with van der Waals surface area (Å²) in [5.74, 6) is -0.323. The van der Waals surface area contributed by atoms with Gasteiger partial charge >= 0.3 is 0 Å². The third-order valence-electron chi connectivity index (χ3n) is 2.81. The zero-order valence-corrected chi connectivity index (χ0v) is 13.2. The maximum atomic E-state index is 12.9. The number of nitrogens with zero attached hydrogens (tertiary/aromatic N) is 1. The average molecular weight is 326 g/mol. The van der Waals surface area contributed by atoms with Gasteiger partial charge in [0.2, 0.25) is 10.0 Å². The van der Waals surface area contributed by atoms with Crippen LogP contribution >= 0.6 is 11.8 Å². The lowest BCUT2D eigenvalue weighted by molar-refractivity contribution is 0.520. The molecule has 0 fully saturated rings. The topological polar surface area (TPSA) is 63.4 Å². The van der Waals surface area contributed by atoms with Crippen molar-refractivity contribution in [2.24, 2.45) is 0 Å². The van der Waals surface area contributed by atoms with Gasteiger partial charge in [0.1, 0.15) is 5.82 Å². The predicted octanol–water partition coefficient (Wildman–Crippen LogP) is 2.81. The van der Waals surface area contributed by atoms with Crippen LogP contribution in [0.4, 0.5) is 10.1 Å². The number of benzene rings is 2. The molecular formula is C14H15FN2O2S2. The molecular weight excluding hydrogens is 311 g/mol. The molecule has 112 valence electrons. The normalized spacial score (nSPS) is 11.8. The summed E-state index contributed by atoms with van der Waals surface area (Å²) in [6, 6.07) is 10.5. The molecule has 0 atom stereocenters. The van der Waals surface area contributed by atoms with Crippen LogP contribution in [0.2, 0.25) is 0 Å². The minimum absolute atomic E-state index is 0.173. The number of hydrogen-bond donors (Lipinski definition) is 1.